The molecule has 4 aliphatic rings. The van der Waals surface area contributed by atoms with Gasteiger partial charge in [0.05, 0.1) is 11.6 Å². The average Bonchev–Trinajstić information content (AvgIpc) is 2.84. The molecule has 170 valence electrons. The monoisotopic (exact) mass is 453 g/mol. The fourth-order valence-corrected chi connectivity index (χ4v) is 5.52. The molecule has 6 rings (SSSR count). The number of carbonyl (C=O) groups is 3. The highest BCUT2D eigenvalue weighted by Crippen LogP contribution is 2.50. The number of imide groups is 1. The summed E-state index contributed by atoms with van der Waals surface area (Å²) in [6.45, 7) is 0. The van der Waals surface area contributed by atoms with Gasteiger partial charge in [-0.3, -0.25) is 14.4 Å². The zero-order valence-electron chi connectivity index (χ0n) is 18.4. The van der Waals surface area contributed by atoms with Crippen LogP contribution in [0.1, 0.15) is 63.7 Å². The van der Waals surface area contributed by atoms with E-state index < -0.39 is 11.9 Å². The standard InChI is InChI=1S/C28H23NO5/c30-24(31)7-3-4-16-8-10-17(11-9-16)29-27(32)20-13-12-19-18-5-1-2-6-22(18)34-23-15-14-21(28(29)33)25(20)26(19)23/h1-2,5-6,8-13,15,18,21-22H,3-4,7,14H2,(H,30,31). The minimum Gasteiger partial charge on any atom is -0.485 e. The molecule has 2 aromatic rings. The van der Waals surface area contributed by atoms with Crippen LogP contribution in [0.3, 0.4) is 0 Å². The minimum atomic E-state index is -0.816. The normalized spacial score (nSPS) is 23.7. The summed E-state index contributed by atoms with van der Waals surface area (Å²) in [6.07, 6.45) is 11.8. The molecule has 0 saturated carbocycles. The van der Waals surface area contributed by atoms with Crippen LogP contribution in [-0.2, 0) is 20.7 Å². The summed E-state index contributed by atoms with van der Waals surface area (Å²) >= 11 is 0. The lowest BCUT2D eigenvalue weighted by molar-refractivity contribution is -0.137. The van der Waals surface area contributed by atoms with E-state index in [0.717, 1.165) is 28.0 Å². The molecule has 2 aromatic carbocycles. The SMILES string of the molecule is O=C(O)CCCc1ccc(N2C(=O)c3ccc4c5c3C(CC=C5OC3C=CC=CC43)C2=O)cc1. The maximum absolute atomic E-state index is 13.6. The predicted octanol–water partition coefficient (Wildman–Crippen LogP) is 4.72. The van der Waals surface area contributed by atoms with Crippen LogP contribution in [0.2, 0.25) is 0 Å². The first-order valence-corrected chi connectivity index (χ1v) is 11.6. The van der Waals surface area contributed by atoms with E-state index in [1.807, 2.05) is 48.6 Å². The molecular weight excluding hydrogens is 430 g/mol. The number of fused-ring (bicyclic) bond motifs is 2. The highest BCUT2D eigenvalue weighted by atomic mass is 16.5. The molecule has 0 aromatic heterocycles. The molecule has 0 fully saturated rings. The van der Waals surface area contributed by atoms with Gasteiger partial charge in [0.2, 0.25) is 5.91 Å². The third-order valence-electron chi connectivity index (χ3n) is 7.12. The lowest BCUT2D eigenvalue weighted by Gasteiger charge is -2.41. The number of aryl methyl sites for hydroxylation is 1. The molecule has 2 aliphatic carbocycles. The lowest BCUT2D eigenvalue weighted by Crippen LogP contribution is -2.46. The summed E-state index contributed by atoms with van der Waals surface area (Å²) < 4.78 is 6.26. The molecule has 0 saturated heterocycles. The van der Waals surface area contributed by atoms with Crippen LogP contribution in [0.4, 0.5) is 5.69 Å². The molecule has 2 amide bonds. The molecular formula is C28H23NO5. The molecule has 0 bridgehead atoms. The van der Waals surface area contributed by atoms with Gasteiger partial charge in [0, 0.05) is 23.5 Å². The third-order valence-corrected chi connectivity index (χ3v) is 7.12. The van der Waals surface area contributed by atoms with E-state index in [2.05, 4.69) is 6.08 Å². The molecule has 3 unspecified atom stereocenters. The predicted molar refractivity (Wildman–Crippen MR) is 127 cm³/mol. The highest BCUT2D eigenvalue weighted by Gasteiger charge is 2.46. The van der Waals surface area contributed by atoms with Gasteiger partial charge in [-0.15, -0.1) is 0 Å². The maximum atomic E-state index is 13.6. The van der Waals surface area contributed by atoms with E-state index in [4.69, 9.17) is 9.84 Å². The average molecular weight is 453 g/mol. The Labute approximate surface area is 196 Å². The van der Waals surface area contributed by atoms with Gasteiger partial charge in [0.1, 0.15) is 11.9 Å². The fraction of sp³-hybridized carbons (Fsp3) is 0.250. The number of rotatable bonds is 5. The van der Waals surface area contributed by atoms with Crippen molar-refractivity contribution in [1.82, 2.24) is 0 Å². The molecule has 6 nitrogen and oxygen atoms in total. The van der Waals surface area contributed by atoms with Gasteiger partial charge >= 0.3 is 5.97 Å². The van der Waals surface area contributed by atoms with Crippen molar-refractivity contribution >= 4 is 29.2 Å². The largest absolute Gasteiger partial charge is 0.485 e. The number of benzene rings is 2. The van der Waals surface area contributed by atoms with Crippen molar-refractivity contribution in [1.29, 1.82) is 0 Å². The summed E-state index contributed by atoms with van der Waals surface area (Å²) in [4.78, 5) is 39.2. The van der Waals surface area contributed by atoms with Crippen molar-refractivity contribution in [2.45, 2.75) is 43.6 Å². The fourth-order valence-electron chi connectivity index (χ4n) is 5.52. The minimum absolute atomic E-state index is 0.0677. The van der Waals surface area contributed by atoms with Crippen LogP contribution in [0.5, 0.6) is 0 Å². The number of carbonyl (C=O) groups excluding carboxylic acids is 2. The number of hydrogen-bond acceptors (Lipinski definition) is 4. The number of carboxylic acid groups (broad SMARTS) is 1. The van der Waals surface area contributed by atoms with Crippen molar-refractivity contribution in [3.8, 4) is 0 Å². The van der Waals surface area contributed by atoms with Crippen LogP contribution >= 0.6 is 0 Å². The second-order valence-corrected chi connectivity index (χ2v) is 9.12. The number of carboxylic acids is 1. The van der Waals surface area contributed by atoms with Gasteiger partial charge in [0.25, 0.3) is 5.91 Å². The molecule has 34 heavy (non-hydrogen) atoms. The summed E-state index contributed by atoms with van der Waals surface area (Å²) in [5, 5.41) is 8.83. The number of aliphatic carboxylic acids is 1. The van der Waals surface area contributed by atoms with Crippen LogP contribution in [0.15, 0.2) is 66.8 Å². The first kappa shape index (κ1) is 20.7. The number of amides is 2. The highest BCUT2D eigenvalue weighted by molar-refractivity contribution is 6.26. The van der Waals surface area contributed by atoms with E-state index in [9.17, 15) is 14.4 Å². The van der Waals surface area contributed by atoms with Gasteiger partial charge in [-0.2, -0.15) is 0 Å². The first-order chi connectivity index (χ1) is 16.5. The Morgan fingerprint density at radius 3 is 2.65 bits per heavy atom. The van der Waals surface area contributed by atoms with E-state index in [1.54, 1.807) is 12.1 Å². The van der Waals surface area contributed by atoms with Crippen molar-refractivity contribution < 1.29 is 24.2 Å². The zero-order chi connectivity index (χ0) is 23.4. The molecule has 0 radical (unpaired) electrons. The van der Waals surface area contributed by atoms with Gasteiger partial charge in [-0.05, 0) is 66.3 Å². The molecule has 0 spiro atoms. The topological polar surface area (TPSA) is 83.9 Å². The Morgan fingerprint density at radius 2 is 1.85 bits per heavy atom. The van der Waals surface area contributed by atoms with Crippen LogP contribution < -0.4 is 4.90 Å². The molecule has 3 atom stereocenters. The summed E-state index contributed by atoms with van der Waals surface area (Å²) in [6, 6.07) is 11.1. The Kier molecular flexibility index (Phi) is 4.76. The van der Waals surface area contributed by atoms with Crippen molar-refractivity contribution in [2.24, 2.45) is 0 Å². The van der Waals surface area contributed by atoms with Crippen molar-refractivity contribution in [3.63, 3.8) is 0 Å². The van der Waals surface area contributed by atoms with Crippen molar-refractivity contribution in [2.75, 3.05) is 4.90 Å². The second kappa shape index (κ2) is 7.83. The third kappa shape index (κ3) is 3.13. The maximum Gasteiger partial charge on any atom is 0.303 e. The lowest BCUT2D eigenvalue weighted by atomic mass is 9.73. The number of allylic oxidation sites excluding steroid dienone is 3. The quantitative estimate of drug-likeness (QED) is 0.663. The molecule has 2 aliphatic heterocycles. The smallest absolute Gasteiger partial charge is 0.303 e. The molecule has 6 heteroatoms. The summed E-state index contributed by atoms with van der Waals surface area (Å²) in [7, 11) is 0. The van der Waals surface area contributed by atoms with Crippen LogP contribution in [-0.4, -0.2) is 29.0 Å². The van der Waals surface area contributed by atoms with Gasteiger partial charge < -0.3 is 9.84 Å². The Morgan fingerprint density at radius 1 is 1.06 bits per heavy atom. The first-order valence-electron chi connectivity index (χ1n) is 11.6. The number of hydrogen-bond donors (Lipinski definition) is 1. The van der Waals surface area contributed by atoms with Gasteiger partial charge in [-0.25, -0.2) is 4.90 Å². The summed E-state index contributed by atoms with van der Waals surface area (Å²) in [5.41, 5.74) is 4.87. The van der Waals surface area contributed by atoms with Crippen LogP contribution in [0, 0.1) is 0 Å². The van der Waals surface area contributed by atoms with E-state index >= 15 is 0 Å². The number of ether oxygens (including phenoxy) is 1. The summed E-state index contributed by atoms with van der Waals surface area (Å²) in [5.74, 6) is -0.947. The molecule has 1 N–H and O–H groups in total. The Bertz CT molecular complexity index is 1320. The number of anilines is 1. The van der Waals surface area contributed by atoms with Crippen molar-refractivity contribution in [3.05, 3.63) is 94.6 Å². The van der Waals surface area contributed by atoms with E-state index in [-0.39, 0.29) is 30.3 Å². The zero-order valence-corrected chi connectivity index (χ0v) is 18.4. The Balaban J connectivity index is 1.35. The number of nitrogens with zero attached hydrogens (tertiary/aromatic N) is 1. The van der Waals surface area contributed by atoms with E-state index in [0.29, 0.717) is 30.5 Å². The Hall–Kier alpha value is -3.93. The van der Waals surface area contributed by atoms with Gasteiger partial charge in [-0.1, -0.05) is 36.4 Å². The van der Waals surface area contributed by atoms with Crippen LogP contribution in [0.25, 0.3) is 5.76 Å². The second-order valence-electron chi connectivity index (χ2n) is 9.12. The van der Waals surface area contributed by atoms with E-state index in [1.165, 1.54) is 4.90 Å². The van der Waals surface area contributed by atoms with Gasteiger partial charge in [0.15, 0.2) is 0 Å². The molecule has 2 heterocycles.